The van der Waals surface area contributed by atoms with Gasteiger partial charge in [0.15, 0.2) is 0 Å². The molecule has 112 valence electrons. The van der Waals surface area contributed by atoms with Crippen LogP contribution in [-0.2, 0) is 6.54 Å². The standard InChI is InChI=1S/C14H17N3O4/c1-4-8-16-14(13(17(19)20)10(3)15-16)21-12-7-5-6-11(18)9(12)2/h5-7,18H,4,8H2,1-3H3. The molecule has 0 spiro atoms. The number of hydrogen-bond acceptors (Lipinski definition) is 5. The highest BCUT2D eigenvalue weighted by Gasteiger charge is 2.27. The van der Waals surface area contributed by atoms with E-state index in [1.54, 1.807) is 26.0 Å². The van der Waals surface area contributed by atoms with Crippen molar-refractivity contribution >= 4 is 5.69 Å². The number of ether oxygens (including phenoxy) is 1. The number of nitro groups is 1. The zero-order valence-electron chi connectivity index (χ0n) is 12.2. The van der Waals surface area contributed by atoms with Crippen LogP contribution in [0.15, 0.2) is 18.2 Å². The van der Waals surface area contributed by atoms with Crippen LogP contribution in [0.1, 0.15) is 24.6 Å². The Morgan fingerprint density at radius 2 is 2.14 bits per heavy atom. The first-order valence-electron chi connectivity index (χ1n) is 6.64. The summed E-state index contributed by atoms with van der Waals surface area (Å²) in [6, 6.07) is 4.81. The smallest absolute Gasteiger partial charge is 0.353 e. The van der Waals surface area contributed by atoms with Crippen LogP contribution in [0.4, 0.5) is 5.69 Å². The van der Waals surface area contributed by atoms with Crippen molar-refractivity contribution in [2.75, 3.05) is 0 Å². The number of phenolic OH excluding ortho intramolecular Hbond substituents is 1. The Morgan fingerprint density at radius 1 is 1.43 bits per heavy atom. The largest absolute Gasteiger partial charge is 0.508 e. The molecule has 0 aliphatic carbocycles. The number of aromatic hydroxyl groups is 1. The number of aryl methyl sites for hydroxylation is 2. The molecule has 0 fully saturated rings. The molecule has 0 amide bonds. The summed E-state index contributed by atoms with van der Waals surface area (Å²) in [5.74, 6) is 0.539. The molecule has 0 aliphatic heterocycles. The number of rotatable bonds is 5. The molecule has 0 radical (unpaired) electrons. The Bertz CT molecular complexity index is 679. The summed E-state index contributed by atoms with van der Waals surface area (Å²) in [4.78, 5) is 10.7. The lowest BCUT2D eigenvalue weighted by molar-refractivity contribution is -0.386. The molecule has 21 heavy (non-hydrogen) atoms. The van der Waals surface area contributed by atoms with E-state index in [1.165, 1.54) is 10.7 Å². The van der Waals surface area contributed by atoms with E-state index in [4.69, 9.17) is 4.74 Å². The van der Waals surface area contributed by atoms with E-state index < -0.39 is 4.92 Å². The van der Waals surface area contributed by atoms with Crippen LogP contribution in [0.5, 0.6) is 17.4 Å². The quantitative estimate of drug-likeness (QED) is 0.674. The molecule has 2 rings (SSSR count). The van der Waals surface area contributed by atoms with Gasteiger partial charge in [0, 0.05) is 12.1 Å². The minimum atomic E-state index is -0.498. The lowest BCUT2D eigenvalue weighted by Gasteiger charge is -2.10. The van der Waals surface area contributed by atoms with Crippen molar-refractivity contribution in [3.63, 3.8) is 0 Å². The molecule has 2 aromatic rings. The van der Waals surface area contributed by atoms with Crippen molar-refractivity contribution in [2.45, 2.75) is 33.7 Å². The highest BCUT2D eigenvalue weighted by molar-refractivity contribution is 5.50. The normalized spacial score (nSPS) is 10.6. The van der Waals surface area contributed by atoms with Crippen LogP contribution in [0.25, 0.3) is 0 Å². The molecule has 7 heteroatoms. The summed E-state index contributed by atoms with van der Waals surface area (Å²) in [5.41, 5.74) is 0.682. The summed E-state index contributed by atoms with van der Waals surface area (Å²) in [7, 11) is 0. The van der Waals surface area contributed by atoms with Gasteiger partial charge in [-0.15, -0.1) is 0 Å². The fourth-order valence-electron chi connectivity index (χ4n) is 2.04. The van der Waals surface area contributed by atoms with Gasteiger partial charge in [-0.3, -0.25) is 10.1 Å². The number of aromatic nitrogens is 2. The van der Waals surface area contributed by atoms with Gasteiger partial charge >= 0.3 is 5.69 Å². The molecule has 0 bridgehead atoms. The van der Waals surface area contributed by atoms with Crippen molar-refractivity contribution in [1.29, 1.82) is 0 Å². The Kier molecular flexibility index (Phi) is 4.11. The molecule has 1 N–H and O–H groups in total. The molecule has 0 unspecified atom stereocenters. The summed E-state index contributed by atoms with van der Waals surface area (Å²) in [6.45, 7) is 5.73. The second-order valence-corrected chi connectivity index (χ2v) is 4.72. The Labute approximate surface area is 121 Å². The summed E-state index contributed by atoms with van der Waals surface area (Å²) < 4.78 is 7.17. The van der Waals surface area contributed by atoms with Crippen molar-refractivity contribution in [3.8, 4) is 17.4 Å². The second kappa shape index (κ2) is 5.82. The highest BCUT2D eigenvalue weighted by atomic mass is 16.6. The molecular formula is C14H17N3O4. The molecule has 0 saturated carbocycles. The Hall–Kier alpha value is -2.57. The lowest BCUT2D eigenvalue weighted by atomic mass is 10.2. The van der Waals surface area contributed by atoms with Crippen molar-refractivity contribution in [1.82, 2.24) is 9.78 Å². The van der Waals surface area contributed by atoms with Crippen LogP contribution in [0.2, 0.25) is 0 Å². The number of phenols is 1. The third-order valence-corrected chi connectivity index (χ3v) is 3.13. The molecule has 0 aliphatic rings. The van der Waals surface area contributed by atoms with E-state index in [-0.39, 0.29) is 17.3 Å². The van der Waals surface area contributed by atoms with Gasteiger partial charge in [-0.2, -0.15) is 5.10 Å². The van der Waals surface area contributed by atoms with Crippen molar-refractivity contribution in [3.05, 3.63) is 39.6 Å². The predicted molar refractivity (Wildman–Crippen MR) is 76.8 cm³/mol. The van der Waals surface area contributed by atoms with Crippen molar-refractivity contribution < 1.29 is 14.8 Å². The number of nitrogens with zero attached hydrogens (tertiary/aromatic N) is 3. The van der Waals surface area contributed by atoms with Crippen LogP contribution in [0, 0.1) is 24.0 Å². The summed E-state index contributed by atoms with van der Waals surface area (Å²) in [5, 5.41) is 25.1. The summed E-state index contributed by atoms with van der Waals surface area (Å²) in [6.07, 6.45) is 0.771. The van der Waals surface area contributed by atoms with Gasteiger partial charge in [0.05, 0.1) is 4.92 Å². The molecular weight excluding hydrogens is 274 g/mol. The molecule has 0 atom stereocenters. The van der Waals surface area contributed by atoms with E-state index in [0.717, 1.165) is 6.42 Å². The maximum atomic E-state index is 11.2. The highest BCUT2D eigenvalue weighted by Crippen LogP contribution is 2.37. The van der Waals surface area contributed by atoms with Crippen LogP contribution in [-0.4, -0.2) is 19.8 Å². The van der Waals surface area contributed by atoms with E-state index in [9.17, 15) is 15.2 Å². The maximum absolute atomic E-state index is 11.2. The molecule has 7 nitrogen and oxygen atoms in total. The monoisotopic (exact) mass is 291 g/mol. The number of hydrogen-bond donors (Lipinski definition) is 1. The predicted octanol–water partition coefficient (Wildman–Crippen LogP) is 3.32. The van der Waals surface area contributed by atoms with Gasteiger partial charge in [-0.05, 0) is 32.4 Å². The van der Waals surface area contributed by atoms with Gasteiger partial charge in [0.2, 0.25) is 0 Å². The first-order valence-corrected chi connectivity index (χ1v) is 6.64. The van der Waals surface area contributed by atoms with E-state index in [1.807, 2.05) is 6.92 Å². The van der Waals surface area contributed by atoms with E-state index >= 15 is 0 Å². The second-order valence-electron chi connectivity index (χ2n) is 4.72. The third kappa shape index (κ3) is 2.81. The average Bonchev–Trinajstić information content (AvgIpc) is 2.71. The first kappa shape index (κ1) is 14.8. The Morgan fingerprint density at radius 3 is 2.76 bits per heavy atom. The maximum Gasteiger partial charge on any atom is 0.353 e. The van der Waals surface area contributed by atoms with Crippen LogP contribution >= 0.6 is 0 Å². The average molecular weight is 291 g/mol. The molecule has 1 aromatic carbocycles. The Balaban J connectivity index is 2.51. The zero-order valence-corrected chi connectivity index (χ0v) is 12.2. The molecule has 0 saturated heterocycles. The van der Waals surface area contributed by atoms with Gasteiger partial charge in [0.1, 0.15) is 17.2 Å². The summed E-state index contributed by atoms with van der Waals surface area (Å²) >= 11 is 0. The lowest BCUT2D eigenvalue weighted by Crippen LogP contribution is -2.03. The molecule has 1 heterocycles. The molecule has 1 aromatic heterocycles. The fourth-order valence-corrected chi connectivity index (χ4v) is 2.04. The minimum Gasteiger partial charge on any atom is -0.508 e. The minimum absolute atomic E-state index is 0.0773. The third-order valence-electron chi connectivity index (χ3n) is 3.13. The fraction of sp³-hybridized carbons (Fsp3) is 0.357. The van der Waals surface area contributed by atoms with Crippen molar-refractivity contribution in [2.24, 2.45) is 0 Å². The van der Waals surface area contributed by atoms with Crippen LogP contribution in [0.3, 0.4) is 0 Å². The van der Waals surface area contributed by atoms with Gasteiger partial charge in [-0.1, -0.05) is 13.0 Å². The SMILES string of the molecule is CCCn1nc(C)c([N+](=O)[O-])c1Oc1cccc(O)c1C. The van der Waals surface area contributed by atoms with E-state index in [0.29, 0.717) is 23.6 Å². The zero-order chi connectivity index (χ0) is 15.6. The van der Waals surface area contributed by atoms with Gasteiger partial charge < -0.3 is 9.84 Å². The van der Waals surface area contributed by atoms with E-state index in [2.05, 4.69) is 5.10 Å². The topological polar surface area (TPSA) is 90.4 Å². The van der Waals surface area contributed by atoms with Gasteiger partial charge in [-0.25, -0.2) is 4.68 Å². The number of benzene rings is 1. The van der Waals surface area contributed by atoms with Crippen LogP contribution < -0.4 is 4.74 Å². The first-order chi connectivity index (χ1) is 9.95. The van der Waals surface area contributed by atoms with Gasteiger partial charge in [0.25, 0.3) is 5.88 Å².